The highest BCUT2D eigenvalue weighted by Crippen LogP contribution is 2.38. The third-order valence-corrected chi connectivity index (χ3v) is 6.70. The Labute approximate surface area is 223 Å². The highest BCUT2D eigenvalue weighted by Gasteiger charge is 2.19. The minimum atomic E-state index is -0.835. The van der Waals surface area contributed by atoms with Gasteiger partial charge in [0.15, 0.2) is 0 Å². The summed E-state index contributed by atoms with van der Waals surface area (Å²) in [5.41, 5.74) is 5.35. The highest BCUT2D eigenvalue weighted by atomic mass is 19.1. The molecule has 0 radical (unpaired) electrons. The second-order valence-corrected chi connectivity index (χ2v) is 9.41. The molecule has 38 heavy (non-hydrogen) atoms. The Hall–Kier alpha value is -4.12. The Balaban J connectivity index is 1.60. The molecule has 1 unspecified atom stereocenters. The van der Waals surface area contributed by atoms with Crippen LogP contribution in [0.5, 0.6) is 23.0 Å². The van der Waals surface area contributed by atoms with E-state index < -0.39 is 11.8 Å². The van der Waals surface area contributed by atoms with Crippen molar-refractivity contribution in [1.29, 1.82) is 0 Å². The van der Waals surface area contributed by atoms with Gasteiger partial charge in [-0.2, -0.15) is 0 Å². The molecule has 0 fully saturated rings. The summed E-state index contributed by atoms with van der Waals surface area (Å²) in [4.78, 5) is 10.9. The van der Waals surface area contributed by atoms with Crippen LogP contribution < -0.4 is 9.47 Å². The number of carboxylic acids is 1. The van der Waals surface area contributed by atoms with Crippen molar-refractivity contribution in [3.63, 3.8) is 0 Å². The monoisotopic (exact) mass is 512 g/mol. The summed E-state index contributed by atoms with van der Waals surface area (Å²) in [7, 11) is 0. The summed E-state index contributed by atoms with van der Waals surface area (Å²) in [5.74, 6) is 0.745. The molecule has 4 aromatic rings. The van der Waals surface area contributed by atoms with Crippen LogP contribution in [-0.2, 0) is 17.6 Å². The minimum Gasteiger partial charge on any atom is -0.481 e. The van der Waals surface area contributed by atoms with Crippen LogP contribution in [-0.4, -0.2) is 11.1 Å². The summed E-state index contributed by atoms with van der Waals surface area (Å²) in [6, 6.07) is 26.3. The number of aliphatic carboxylic acids is 1. The van der Waals surface area contributed by atoms with Crippen molar-refractivity contribution >= 4 is 5.97 Å². The third kappa shape index (κ3) is 6.80. The van der Waals surface area contributed by atoms with Crippen LogP contribution in [0.25, 0.3) is 0 Å². The molecule has 4 rings (SSSR count). The van der Waals surface area contributed by atoms with E-state index in [0.717, 1.165) is 29.5 Å². The van der Waals surface area contributed by atoms with Gasteiger partial charge in [0.1, 0.15) is 28.8 Å². The van der Waals surface area contributed by atoms with E-state index in [0.29, 0.717) is 29.4 Å². The van der Waals surface area contributed by atoms with Crippen LogP contribution in [0.3, 0.4) is 0 Å². The molecule has 0 saturated heterocycles. The first kappa shape index (κ1) is 26.9. The number of aryl methyl sites for hydroxylation is 3. The Bertz CT molecular complexity index is 1400. The Morgan fingerprint density at radius 3 is 2.26 bits per heavy atom. The second-order valence-electron chi connectivity index (χ2n) is 9.41. The van der Waals surface area contributed by atoms with Gasteiger partial charge in [0.2, 0.25) is 0 Å². The topological polar surface area (TPSA) is 55.8 Å². The van der Waals surface area contributed by atoms with Crippen molar-refractivity contribution in [2.75, 3.05) is 0 Å². The van der Waals surface area contributed by atoms with Crippen molar-refractivity contribution in [2.24, 2.45) is 0 Å². The largest absolute Gasteiger partial charge is 0.481 e. The first-order valence-electron chi connectivity index (χ1n) is 13.0. The SMILES string of the molecule is CCc1ccc(Oc2cc(F)cc(Oc3ccc(CCC(=O)O)c(C)c3)c2)c(C(CC)c2ccccc2)c1. The van der Waals surface area contributed by atoms with Gasteiger partial charge >= 0.3 is 5.97 Å². The second kappa shape index (κ2) is 12.4. The van der Waals surface area contributed by atoms with Gasteiger partial charge in [-0.3, -0.25) is 4.79 Å². The molecule has 4 aromatic carbocycles. The minimum absolute atomic E-state index is 0.0655. The van der Waals surface area contributed by atoms with Gasteiger partial charge < -0.3 is 14.6 Å². The molecule has 1 N–H and O–H groups in total. The van der Waals surface area contributed by atoms with Crippen LogP contribution >= 0.6 is 0 Å². The van der Waals surface area contributed by atoms with E-state index in [-0.39, 0.29) is 12.3 Å². The number of rotatable bonds is 11. The lowest BCUT2D eigenvalue weighted by Crippen LogP contribution is -2.03. The van der Waals surface area contributed by atoms with Gasteiger partial charge in [0, 0.05) is 36.1 Å². The Morgan fingerprint density at radius 2 is 1.61 bits per heavy atom. The maximum absolute atomic E-state index is 14.6. The molecule has 0 saturated carbocycles. The van der Waals surface area contributed by atoms with Crippen LogP contribution in [0.4, 0.5) is 4.39 Å². The van der Waals surface area contributed by atoms with Crippen molar-refractivity contribution in [2.45, 2.75) is 52.4 Å². The molecular formula is C33H33FO4. The number of hydrogen-bond donors (Lipinski definition) is 1. The summed E-state index contributed by atoms with van der Waals surface area (Å²) in [6.45, 7) is 6.19. The van der Waals surface area contributed by atoms with Gasteiger partial charge in [-0.05, 0) is 66.6 Å². The van der Waals surface area contributed by atoms with Gasteiger partial charge in [-0.1, -0.05) is 62.4 Å². The number of hydrogen-bond acceptors (Lipinski definition) is 3. The Kier molecular flexibility index (Phi) is 8.80. The number of carbonyl (C=O) groups is 1. The average Bonchev–Trinajstić information content (AvgIpc) is 2.89. The quantitative estimate of drug-likeness (QED) is 0.218. The van der Waals surface area contributed by atoms with Crippen molar-refractivity contribution in [3.05, 3.63) is 119 Å². The molecule has 5 heteroatoms. The van der Waals surface area contributed by atoms with Crippen LogP contribution in [0, 0.1) is 12.7 Å². The first-order chi connectivity index (χ1) is 18.4. The maximum Gasteiger partial charge on any atom is 0.303 e. The molecule has 0 aliphatic carbocycles. The van der Waals surface area contributed by atoms with Crippen LogP contribution in [0.15, 0.2) is 84.9 Å². The normalized spacial score (nSPS) is 11.7. The van der Waals surface area contributed by atoms with Crippen LogP contribution in [0.1, 0.15) is 60.4 Å². The van der Waals surface area contributed by atoms with Crippen LogP contribution in [0.2, 0.25) is 0 Å². The molecule has 4 nitrogen and oxygen atoms in total. The third-order valence-electron chi connectivity index (χ3n) is 6.70. The molecule has 0 aliphatic heterocycles. The molecule has 0 aliphatic rings. The van der Waals surface area contributed by atoms with Gasteiger partial charge in [-0.15, -0.1) is 0 Å². The molecule has 0 aromatic heterocycles. The molecule has 0 spiro atoms. The predicted octanol–water partition coefficient (Wildman–Crippen LogP) is 8.84. The fourth-order valence-corrected chi connectivity index (χ4v) is 4.68. The summed E-state index contributed by atoms with van der Waals surface area (Å²) >= 11 is 0. The molecule has 0 bridgehead atoms. The maximum atomic E-state index is 14.6. The van der Waals surface area contributed by atoms with Crippen molar-refractivity contribution in [1.82, 2.24) is 0 Å². The summed E-state index contributed by atoms with van der Waals surface area (Å²) in [5, 5.41) is 8.95. The number of benzene rings is 4. The number of ether oxygens (including phenoxy) is 2. The summed E-state index contributed by atoms with van der Waals surface area (Å²) in [6.07, 6.45) is 2.31. The molecule has 1 atom stereocenters. The van der Waals surface area contributed by atoms with E-state index in [9.17, 15) is 9.18 Å². The van der Waals surface area contributed by atoms with E-state index in [1.807, 2.05) is 49.4 Å². The zero-order chi connectivity index (χ0) is 27.1. The lowest BCUT2D eigenvalue weighted by molar-refractivity contribution is -0.136. The Morgan fingerprint density at radius 1 is 0.868 bits per heavy atom. The smallest absolute Gasteiger partial charge is 0.303 e. The number of carboxylic acid groups (broad SMARTS) is 1. The van der Waals surface area contributed by atoms with Crippen molar-refractivity contribution < 1.29 is 23.8 Å². The van der Waals surface area contributed by atoms with E-state index in [2.05, 4.69) is 32.0 Å². The fraction of sp³-hybridized carbons (Fsp3) is 0.242. The molecule has 0 heterocycles. The van der Waals surface area contributed by atoms with Gasteiger partial charge in [0.25, 0.3) is 0 Å². The van der Waals surface area contributed by atoms with Gasteiger partial charge in [-0.25, -0.2) is 4.39 Å². The summed E-state index contributed by atoms with van der Waals surface area (Å²) < 4.78 is 26.9. The molecular weight excluding hydrogens is 479 g/mol. The zero-order valence-electron chi connectivity index (χ0n) is 22.0. The molecule has 0 amide bonds. The zero-order valence-corrected chi connectivity index (χ0v) is 22.0. The highest BCUT2D eigenvalue weighted by molar-refractivity contribution is 5.67. The molecule has 196 valence electrons. The van der Waals surface area contributed by atoms with E-state index in [1.54, 1.807) is 12.1 Å². The lowest BCUT2D eigenvalue weighted by Gasteiger charge is -2.21. The predicted molar refractivity (Wildman–Crippen MR) is 148 cm³/mol. The van der Waals surface area contributed by atoms with E-state index in [4.69, 9.17) is 14.6 Å². The van der Waals surface area contributed by atoms with Gasteiger partial charge in [0.05, 0.1) is 0 Å². The fourth-order valence-electron chi connectivity index (χ4n) is 4.68. The average molecular weight is 513 g/mol. The first-order valence-corrected chi connectivity index (χ1v) is 13.0. The van der Waals surface area contributed by atoms with E-state index >= 15 is 0 Å². The van der Waals surface area contributed by atoms with Crippen molar-refractivity contribution in [3.8, 4) is 23.0 Å². The lowest BCUT2D eigenvalue weighted by atomic mass is 9.87. The van der Waals surface area contributed by atoms with E-state index in [1.165, 1.54) is 23.3 Å². The number of halogens is 1. The standard InChI is InChI=1S/C33H33FO4/c1-4-23-11-15-32(31(18-23)30(5-2)25-9-7-6-8-10-25)38-29-20-26(34)19-28(21-29)37-27-14-12-24(22(3)17-27)13-16-33(35)36/h6-12,14-15,17-21,30H,4-5,13,16H2,1-3H3,(H,35,36).